The largest absolute Gasteiger partial charge is 0.300 e. The first-order chi connectivity index (χ1) is 10.1. The van der Waals surface area contributed by atoms with Crippen molar-refractivity contribution in [1.29, 1.82) is 0 Å². The lowest BCUT2D eigenvalue weighted by Gasteiger charge is -2.54. The van der Waals surface area contributed by atoms with Gasteiger partial charge < -0.3 is 0 Å². The zero-order chi connectivity index (χ0) is 14.6. The summed E-state index contributed by atoms with van der Waals surface area (Å²) in [6, 6.07) is 0. The van der Waals surface area contributed by atoms with Crippen LogP contribution in [0.4, 0.5) is 0 Å². The van der Waals surface area contributed by atoms with E-state index in [1.165, 1.54) is 64.2 Å². The summed E-state index contributed by atoms with van der Waals surface area (Å²) >= 11 is 0. The Bertz CT molecular complexity index is 428. The van der Waals surface area contributed by atoms with Gasteiger partial charge in [-0.1, -0.05) is 26.2 Å². The molecule has 0 spiro atoms. The number of hydrogen-bond donors (Lipinski definition) is 0. The van der Waals surface area contributed by atoms with Crippen molar-refractivity contribution in [3.05, 3.63) is 0 Å². The second-order valence-electron chi connectivity index (χ2n) is 9.09. The summed E-state index contributed by atoms with van der Waals surface area (Å²) in [5.74, 6) is 5.80. The molecule has 4 aliphatic carbocycles. The van der Waals surface area contributed by atoms with Crippen molar-refractivity contribution in [3.63, 3.8) is 0 Å². The van der Waals surface area contributed by atoms with E-state index in [9.17, 15) is 4.79 Å². The molecule has 7 atom stereocenters. The highest BCUT2D eigenvalue weighted by Crippen LogP contribution is 2.63. The van der Waals surface area contributed by atoms with Gasteiger partial charge in [-0.15, -0.1) is 0 Å². The Hall–Kier alpha value is -0.330. The Kier molecular flexibility index (Phi) is 3.47. The molecule has 0 aromatic rings. The molecular weight excluding hydrogens is 256 g/mol. The fourth-order valence-electron chi connectivity index (χ4n) is 7.34. The molecular formula is C20H32O. The number of rotatable bonds is 1. The van der Waals surface area contributed by atoms with Gasteiger partial charge in [0, 0.05) is 5.92 Å². The molecule has 4 rings (SSSR count). The number of carbonyl (C=O) groups excluding carboxylic acids is 1. The average Bonchev–Trinajstić information content (AvgIpc) is 2.81. The quantitative estimate of drug-likeness (QED) is 0.645. The highest BCUT2D eigenvalue weighted by molar-refractivity contribution is 5.79. The van der Waals surface area contributed by atoms with Crippen LogP contribution in [-0.2, 0) is 4.79 Å². The first-order valence-corrected chi connectivity index (χ1v) is 9.60. The maximum atomic E-state index is 12.1. The molecule has 0 heterocycles. The van der Waals surface area contributed by atoms with Crippen molar-refractivity contribution < 1.29 is 4.79 Å². The third-order valence-corrected chi connectivity index (χ3v) is 8.31. The van der Waals surface area contributed by atoms with Crippen molar-refractivity contribution in [1.82, 2.24) is 0 Å². The minimum absolute atomic E-state index is 0.356. The second kappa shape index (κ2) is 5.10. The van der Waals surface area contributed by atoms with Crippen molar-refractivity contribution >= 4 is 5.78 Å². The fraction of sp³-hybridized carbons (Fsp3) is 0.950. The van der Waals surface area contributed by atoms with Gasteiger partial charge in [-0.3, -0.25) is 4.79 Å². The van der Waals surface area contributed by atoms with E-state index in [1.54, 1.807) is 0 Å². The van der Waals surface area contributed by atoms with Crippen LogP contribution in [0.2, 0.25) is 0 Å². The molecule has 0 amide bonds. The summed E-state index contributed by atoms with van der Waals surface area (Å²) in [6.07, 6.45) is 14.3. The molecule has 1 nitrogen and oxygen atoms in total. The Morgan fingerprint density at radius 1 is 0.905 bits per heavy atom. The van der Waals surface area contributed by atoms with Gasteiger partial charge in [0.1, 0.15) is 5.78 Å². The summed E-state index contributed by atoms with van der Waals surface area (Å²) in [5.41, 5.74) is 0.356. The number of carbonyl (C=O) groups is 1. The fourth-order valence-corrected chi connectivity index (χ4v) is 7.34. The van der Waals surface area contributed by atoms with E-state index >= 15 is 0 Å². The van der Waals surface area contributed by atoms with Crippen molar-refractivity contribution in [3.8, 4) is 0 Å². The molecule has 4 fully saturated rings. The molecule has 0 N–H and O–H groups in total. The second-order valence-corrected chi connectivity index (χ2v) is 9.09. The van der Waals surface area contributed by atoms with Crippen LogP contribution in [-0.4, -0.2) is 5.78 Å². The van der Waals surface area contributed by atoms with E-state index in [0.29, 0.717) is 17.1 Å². The summed E-state index contributed by atoms with van der Waals surface area (Å²) in [6.45, 7) is 4.32. The van der Waals surface area contributed by atoms with Crippen LogP contribution in [0.3, 0.4) is 0 Å². The highest BCUT2D eigenvalue weighted by Gasteiger charge is 2.56. The van der Waals surface area contributed by atoms with Gasteiger partial charge in [-0.25, -0.2) is 0 Å². The molecule has 0 aromatic carbocycles. The Balaban J connectivity index is 1.57. The first-order valence-electron chi connectivity index (χ1n) is 9.60. The van der Waals surface area contributed by atoms with Crippen LogP contribution in [0.5, 0.6) is 0 Å². The Labute approximate surface area is 130 Å². The lowest BCUT2D eigenvalue weighted by Crippen LogP contribution is -2.47. The summed E-state index contributed by atoms with van der Waals surface area (Å²) in [5, 5.41) is 0. The van der Waals surface area contributed by atoms with E-state index in [2.05, 4.69) is 6.92 Å². The Morgan fingerprint density at radius 2 is 1.67 bits per heavy atom. The molecule has 0 saturated heterocycles. The molecule has 4 saturated carbocycles. The van der Waals surface area contributed by atoms with E-state index in [0.717, 1.165) is 29.6 Å². The first kappa shape index (κ1) is 14.3. The van der Waals surface area contributed by atoms with Gasteiger partial charge in [-0.2, -0.15) is 0 Å². The Morgan fingerprint density at radius 3 is 2.48 bits per heavy atom. The van der Waals surface area contributed by atoms with E-state index in [-0.39, 0.29) is 0 Å². The maximum absolute atomic E-state index is 12.1. The van der Waals surface area contributed by atoms with Crippen LogP contribution >= 0.6 is 0 Å². The van der Waals surface area contributed by atoms with Gasteiger partial charge >= 0.3 is 0 Å². The predicted octanol–water partition coefficient (Wildman–Crippen LogP) is 5.23. The third-order valence-electron chi connectivity index (χ3n) is 8.31. The molecule has 21 heavy (non-hydrogen) atoms. The zero-order valence-electron chi connectivity index (χ0n) is 13.9. The molecule has 0 radical (unpaired) electrons. The standard InChI is InChI=1S/C20H32O/c1-13(21)19-10-9-16-11-18-15(12-20(16,19)2)8-7-14-5-3-4-6-17(14)18/h14-19H,3-12H2,1-2H3/t14?,15-,16?,17-,18?,19-,20+/m1/s1. The van der Waals surface area contributed by atoms with Gasteiger partial charge in [0.25, 0.3) is 0 Å². The lowest BCUT2D eigenvalue weighted by atomic mass is 9.50. The van der Waals surface area contributed by atoms with Gasteiger partial charge in [-0.05, 0) is 86.9 Å². The minimum Gasteiger partial charge on any atom is -0.300 e. The molecule has 118 valence electrons. The molecule has 1 heteroatoms. The molecule has 4 aliphatic rings. The van der Waals surface area contributed by atoms with Gasteiger partial charge in [0.15, 0.2) is 0 Å². The van der Waals surface area contributed by atoms with Gasteiger partial charge in [0.2, 0.25) is 0 Å². The van der Waals surface area contributed by atoms with Crippen LogP contribution in [0.15, 0.2) is 0 Å². The summed E-state index contributed by atoms with van der Waals surface area (Å²) in [7, 11) is 0. The van der Waals surface area contributed by atoms with Crippen LogP contribution in [0.25, 0.3) is 0 Å². The van der Waals surface area contributed by atoms with Crippen LogP contribution in [0, 0.1) is 40.9 Å². The number of Topliss-reactive ketones (excluding diaryl/α,β-unsaturated/α-hetero) is 1. The molecule has 3 unspecified atom stereocenters. The number of hydrogen-bond acceptors (Lipinski definition) is 1. The molecule has 0 aliphatic heterocycles. The smallest absolute Gasteiger partial charge is 0.133 e. The average molecular weight is 288 g/mol. The van der Waals surface area contributed by atoms with Crippen molar-refractivity contribution in [2.75, 3.05) is 0 Å². The maximum Gasteiger partial charge on any atom is 0.133 e. The minimum atomic E-state index is 0.356. The topological polar surface area (TPSA) is 17.1 Å². The third kappa shape index (κ3) is 2.13. The lowest BCUT2D eigenvalue weighted by molar-refractivity contribution is -0.127. The van der Waals surface area contributed by atoms with Crippen LogP contribution < -0.4 is 0 Å². The monoisotopic (exact) mass is 288 g/mol. The van der Waals surface area contributed by atoms with Crippen LogP contribution in [0.1, 0.15) is 78.1 Å². The van der Waals surface area contributed by atoms with Gasteiger partial charge in [0.05, 0.1) is 0 Å². The summed E-state index contributed by atoms with van der Waals surface area (Å²) < 4.78 is 0. The molecule has 0 bridgehead atoms. The van der Waals surface area contributed by atoms with E-state index in [1.807, 2.05) is 6.92 Å². The normalized spacial score (nSPS) is 52.7. The van der Waals surface area contributed by atoms with E-state index in [4.69, 9.17) is 0 Å². The molecule has 0 aromatic heterocycles. The number of fused-ring (bicyclic) bond motifs is 4. The summed E-state index contributed by atoms with van der Waals surface area (Å²) in [4.78, 5) is 12.1. The zero-order valence-corrected chi connectivity index (χ0v) is 13.9. The van der Waals surface area contributed by atoms with Crippen molar-refractivity contribution in [2.24, 2.45) is 40.9 Å². The van der Waals surface area contributed by atoms with Crippen molar-refractivity contribution in [2.45, 2.75) is 78.1 Å². The predicted molar refractivity (Wildman–Crippen MR) is 85.9 cm³/mol. The SMILES string of the molecule is CC(=O)[C@H]1CCC2CC3[C@H](CCC4CCCC[C@H]43)C[C@@]21C. The highest BCUT2D eigenvalue weighted by atomic mass is 16.1. The number of ketones is 1. The van der Waals surface area contributed by atoms with E-state index < -0.39 is 0 Å².